The minimum atomic E-state index is -0.731. The summed E-state index contributed by atoms with van der Waals surface area (Å²) in [6.07, 6.45) is 1.51. The fourth-order valence-electron chi connectivity index (χ4n) is 3.11. The van der Waals surface area contributed by atoms with Gasteiger partial charge in [-0.3, -0.25) is 24.0 Å². The number of aromatic nitrogens is 3. The van der Waals surface area contributed by atoms with Gasteiger partial charge in [-0.1, -0.05) is 51.1 Å². The van der Waals surface area contributed by atoms with E-state index in [0.29, 0.717) is 4.88 Å². The fraction of sp³-hybridized carbons (Fsp3) is 0.364. The van der Waals surface area contributed by atoms with Gasteiger partial charge in [0.2, 0.25) is 0 Å². The Morgan fingerprint density at radius 1 is 1.25 bits per heavy atom. The number of H-pyrrole nitrogens is 1. The maximum Gasteiger partial charge on any atom is 0.330 e. The molecular weight excluding hydrogens is 430 g/mol. The van der Waals surface area contributed by atoms with Gasteiger partial charge in [-0.05, 0) is 5.56 Å². The molecule has 2 heterocycles. The average molecular weight is 458 g/mol. The Bertz CT molecular complexity index is 1210. The van der Waals surface area contributed by atoms with Crippen LogP contribution in [-0.4, -0.2) is 34.2 Å². The molecule has 32 heavy (non-hydrogen) atoms. The van der Waals surface area contributed by atoms with Crippen LogP contribution in [0.5, 0.6) is 0 Å². The molecule has 3 rings (SSSR count). The zero-order chi connectivity index (χ0) is 23.5. The molecule has 0 spiro atoms. The molecule has 0 unspecified atom stereocenters. The minimum Gasteiger partial charge on any atom is -0.383 e. The van der Waals surface area contributed by atoms with Gasteiger partial charge in [0.05, 0.1) is 30.9 Å². The van der Waals surface area contributed by atoms with E-state index < -0.39 is 17.2 Å². The number of nitrogens with two attached hydrogens (primary N) is 1. The van der Waals surface area contributed by atoms with Crippen LogP contribution >= 0.6 is 11.3 Å². The van der Waals surface area contributed by atoms with Gasteiger partial charge in [-0.25, -0.2) is 9.78 Å². The Hall–Kier alpha value is -3.24. The van der Waals surface area contributed by atoms with Crippen molar-refractivity contribution >= 4 is 28.7 Å². The van der Waals surface area contributed by atoms with Gasteiger partial charge >= 0.3 is 5.69 Å². The van der Waals surface area contributed by atoms with E-state index >= 15 is 0 Å². The normalized spacial score (nSPS) is 11.5. The first kappa shape index (κ1) is 23.4. The summed E-state index contributed by atoms with van der Waals surface area (Å²) in [5.74, 6) is -0.517. The second-order valence-corrected chi connectivity index (χ2v) is 9.32. The first-order valence-corrected chi connectivity index (χ1v) is 10.9. The molecule has 10 heteroatoms. The highest BCUT2D eigenvalue weighted by Crippen LogP contribution is 2.29. The highest BCUT2D eigenvalue weighted by atomic mass is 32.1. The number of carbonyl (C=O) groups excluding carboxylic acids is 1. The van der Waals surface area contributed by atoms with Crippen LogP contribution in [-0.2, 0) is 23.2 Å². The summed E-state index contributed by atoms with van der Waals surface area (Å²) in [6.45, 7) is 6.47. The molecule has 0 bridgehead atoms. The number of hydrogen-bond donors (Lipinski definition) is 2. The Kier molecular flexibility index (Phi) is 6.95. The van der Waals surface area contributed by atoms with Crippen LogP contribution < -0.4 is 21.9 Å². The number of carbonyl (C=O) groups is 1. The van der Waals surface area contributed by atoms with Crippen molar-refractivity contribution in [3.63, 3.8) is 0 Å². The van der Waals surface area contributed by atoms with Crippen molar-refractivity contribution in [3.05, 3.63) is 72.8 Å². The lowest BCUT2D eigenvalue weighted by molar-refractivity contribution is 0.0988. The number of nitrogen functional groups attached to an aromatic ring is 1. The summed E-state index contributed by atoms with van der Waals surface area (Å²) in [5, 5.41) is 0.799. The van der Waals surface area contributed by atoms with Crippen LogP contribution in [0.25, 0.3) is 0 Å². The summed E-state index contributed by atoms with van der Waals surface area (Å²) in [6, 6.07) is 9.24. The van der Waals surface area contributed by atoms with Crippen molar-refractivity contribution in [2.24, 2.45) is 0 Å². The first-order valence-electron chi connectivity index (χ1n) is 10.1. The average Bonchev–Trinajstić information content (AvgIpc) is 3.24. The van der Waals surface area contributed by atoms with Crippen molar-refractivity contribution in [3.8, 4) is 0 Å². The van der Waals surface area contributed by atoms with Crippen LogP contribution in [0.4, 0.5) is 11.5 Å². The quantitative estimate of drug-likeness (QED) is 0.561. The zero-order valence-corrected chi connectivity index (χ0v) is 19.4. The number of hydrogen-bond acceptors (Lipinski definition) is 7. The van der Waals surface area contributed by atoms with Crippen LogP contribution in [0.15, 0.2) is 46.1 Å². The van der Waals surface area contributed by atoms with Crippen LogP contribution in [0.3, 0.4) is 0 Å². The van der Waals surface area contributed by atoms with Gasteiger partial charge in [-0.2, -0.15) is 0 Å². The maximum atomic E-state index is 13.6. The van der Waals surface area contributed by atoms with Crippen molar-refractivity contribution in [2.75, 3.05) is 24.4 Å². The Morgan fingerprint density at radius 2 is 1.94 bits per heavy atom. The molecule has 0 saturated carbocycles. The minimum absolute atomic E-state index is 0.0831. The van der Waals surface area contributed by atoms with Crippen LogP contribution in [0.1, 0.15) is 41.0 Å². The first-order chi connectivity index (χ1) is 15.1. The van der Waals surface area contributed by atoms with Gasteiger partial charge in [-0.15, -0.1) is 11.3 Å². The molecule has 0 saturated heterocycles. The molecule has 2 aromatic heterocycles. The molecule has 0 atom stereocenters. The van der Waals surface area contributed by atoms with E-state index in [1.165, 1.54) is 34.1 Å². The predicted octanol–water partition coefficient (Wildman–Crippen LogP) is 2.37. The van der Waals surface area contributed by atoms with E-state index in [-0.39, 0.29) is 36.6 Å². The van der Waals surface area contributed by atoms with E-state index in [1.54, 1.807) is 0 Å². The molecule has 0 aliphatic rings. The molecule has 0 aliphatic heterocycles. The monoisotopic (exact) mass is 457 g/mol. The molecule has 0 radical (unpaired) electrons. The van der Waals surface area contributed by atoms with Gasteiger partial charge in [0.1, 0.15) is 10.7 Å². The van der Waals surface area contributed by atoms with Crippen LogP contribution in [0, 0.1) is 0 Å². The number of benzene rings is 1. The summed E-state index contributed by atoms with van der Waals surface area (Å²) in [7, 11) is 1.50. The third kappa shape index (κ3) is 4.97. The third-order valence-corrected chi connectivity index (χ3v) is 6.20. The Balaban J connectivity index is 2.14. The smallest absolute Gasteiger partial charge is 0.330 e. The third-order valence-electron chi connectivity index (χ3n) is 4.79. The van der Waals surface area contributed by atoms with E-state index in [0.717, 1.165) is 10.6 Å². The lowest BCUT2D eigenvalue weighted by Crippen LogP contribution is -2.41. The van der Waals surface area contributed by atoms with Gasteiger partial charge in [0, 0.05) is 12.5 Å². The van der Waals surface area contributed by atoms with Crippen molar-refractivity contribution in [1.29, 1.82) is 0 Å². The number of anilines is 2. The lowest BCUT2D eigenvalue weighted by Gasteiger charge is -2.24. The van der Waals surface area contributed by atoms with Crippen LogP contribution in [0.2, 0.25) is 0 Å². The second kappa shape index (κ2) is 9.49. The number of ether oxygens (including phenoxy) is 1. The second-order valence-electron chi connectivity index (χ2n) is 8.29. The topological polar surface area (TPSA) is 123 Å². The summed E-state index contributed by atoms with van der Waals surface area (Å²) < 4.78 is 6.23. The zero-order valence-electron chi connectivity index (χ0n) is 18.5. The number of rotatable bonds is 7. The van der Waals surface area contributed by atoms with E-state index in [4.69, 9.17) is 10.5 Å². The Labute approximate surface area is 189 Å². The molecular formula is C22H27N5O4S. The number of thiazole rings is 1. The highest BCUT2D eigenvalue weighted by Gasteiger charge is 2.28. The number of nitrogens with one attached hydrogen (secondary N) is 1. The molecule has 9 nitrogen and oxygen atoms in total. The highest BCUT2D eigenvalue weighted by molar-refractivity contribution is 7.13. The fourth-order valence-corrected chi connectivity index (χ4v) is 4.04. The summed E-state index contributed by atoms with van der Waals surface area (Å²) in [4.78, 5) is 47.1. The number of nitrogens with zero attached hydrogens (tertiary/aromatic N) is 3. The Morgan fingerprint density at radius 3 is 2.53 bits per heavy atom. The number of methoxy groups -OCH3 is 1. The lowest BCUT2D eigenvalue weighted by atomic mass is 9.98. The number of aromatic amines is 1. The predicted molar refractivity (Wildman–Crippen MR) is 125 cm³/mol. The van der Waals surface area contributed by atoms with E-state index in [9.17, 15) is 14.4 Å². The summed E-state index contributed by atoms with van der Waals surface area (Å²) >= 11 is 1.27. The van der Waals surface area contributed by atoms with Gasteiger partial charge < -0.3 is 10.5 Å². The molecule has 0 aliphatic carbocycles. The van der Waals surface area contributed by atoms with Gasteiger partial charge in [0.25, 0.3) is 11.5 Å². The SMILES string of the molecule is COCCn1c(N)c(N(Cc2ccccc2)C(=O)c2cnc(C(C)(C)C)s2)c(=O)[nH]c1=O. The van der Waals surface area contributed by atoms with E-state index in [1.807, 2.05) is 51.1 Å². The molecule has 1 aromatic carbocycles. The summed E-state index contributed by atoms with van der Waals surface area (Å²) in [5.41, 5.74) is 5.36. The molecule has 0 fully saturated rings. The van der Waals surface area contributed by atoms with Crippen molar-refractivity contribution in [1.82, 2.24) is 14.5 Å². The largest absolute Gasteiger partial charge is 0.383 e. The van der Waals surface area contributed by atoms with Crippen molar-refractivity contribution < 1.29 is 9.53 Å². The molecule has 3 aromatic rings. The molecule has 170 valence electrons. The van der Waals surface area contributed by atoms with E-state index in [2.05, 4.69) is 9.97 Å². The van der Waals surface area contributed by atoms with Crippen molar-refractivity contribution in [2.45, 2.75) is 39.3 Å². The molecule has 3 N–H and O–H groups in total. The maximum absolute atomic E-state index is 13.6. The molecule has 1 amide bonds. The van der Waals surface area contributed by atoms with Gasteiger partial charge in [0.15, 0.2) is 5.69 Å². The standard InChI is InChI=1S/C22H27N5O4S/c1-22(2,3)20-24-12-15(32-20)19(29)27(13-14-8-6-5-7-9-14)16-17(23)26(10-11-31-4)21(30)25-18(16)28/h5-9,12H,10-11,13,23H2,1-4H3,(H,25,28,30). The number of amides is 1.